The summed E-state index contributed by atoms with van der Waals surface area (Å²) in [6.45, 7) is 4.42. The fourth-order valence-corrected chi connectivity index (χ4v) is 4.23. The third-order valence-corrected chi connectivity index (χ3v) is 5.57. The number of aromatic nitrogens is 2. The van der Waals surface area contributed by atoms with Gasteiger partial charge in [-0.3, -0.25) is 0 Å². The van der Waals surface area contributed by atoms with Crippen molar-refractivity contribution in [2.75, 3.05) is 24.5 Å². The summed E-state index contributed by atoms with van der Waals surface area (Å²) in [5.41, 5.74) is 0.0708. The number of hydrogen-bond acceptors (Lipinski definition) is 5. The fourth-order valence-electron chi connectivity index (χ4n) is 4.23. The van der Waals surface area contributed by atoms with Gasteiger partial charge in [-0.25, -0.2) is 0 Å². The molecule has 0 amide bonds. The van der Waals surface area contributed by atoms with Crippen LogP contribution in [0.25, 0.3) is 11.3 Å². The van der Waals surface area contributed by atoms with Crippen molar-refractivity contribution in [2.45, 2.75) is 32.0 Å². The molecule has 1 aromatic carbocycles. The lowest BCUT2D eigenvalue weighted by Gasteiger charge is -2.32. The molecule has 2 saturated heterocycles. The smallest absolute Gasteiger partial charge is 0.416 e. The molecule has 144 valence electrons. The Balaban J connectivity index is 1.61. The number of nitrogens with one attached hydrogen (secondary N) is 1. The number of nitrogens with zero attached hydrogens (tertiary/aromatic N) is 3. The number of halogens is 3. The lowest BCUT2D eigenvalue weighted by atomic mass is 9.93. The quantitative estimate of drug-likeness (QED) is 0.839. The number of fused-ring (bicyclic) bond motifs is 1. The van der Waals surface area contributed by atoms with Crippen molar-refractivity contribution in [3.8, 4) is 17.0 Å². The summed E-state index contributed by atoms with van der Waals surface area (Å²) >= 11 is 0. The lowest BCUT2D eigenvalue weighted by Crippen LogP contribution is -2.46. The summed E-state index contributed by atoms with van der Waals surface area (Å²) in [6, 6.07) is 5.69. The average molecular weight is 378 g/mol. The van der Waals surface area contributed by atoms with Crippen LogP contribution < -0.4 is 10.2 Å². The standard InChI is InChI=1S/C19H21F3N4O/c1-11-8-13(19(20,21)22)9-16(27)18(11)14-2-3-17(25-24-14)26-7-5-12-4-6-23-10-15(12)26/h2-3,8-9,12,15,23,27H,4-7,10H2,1H3. The minimum Gasteiger partial charge on any atom is -0.507 e. The first-order chi connectivity index (χ1) is 12.8. The zero-order chi connectivity index (χ0) is 19.2. The molecule has 2 fully saturated rings. The molecule has 27 heavy (non-hydrogen) atoms. The number of phenolic OH excluding ortho intramolecular Hbond substituents is 1. The van der Waals surface area contributed by atoms with Crippen LogP contribution in [0.4, 0.5) is 19.0 Å². The average Bonchev–Trinajstić information content (AvgIpc) is 3.05. The van der Waals surface area contributed by atoms with Gasteiger partial charge in [-0.05, 0) is 62.1 Å². The molecule has 0 spiro atoms. The highest BCUT2D eigenvalue weighted by Gasteiger charge is 2.36. The maximum atomic E-state index is 12.9. The van der Waals surface area contributed by atoms with Crippen molar-refractivity contribution in [1.29, 1.82) is 0 Å². The summed E-state index contributed by atoms with van der Waals surface area (Å²) in [6.07, 6.45) is -2.21. The fraction of sp³-hybridized carbons (Fsp3) is 0.474. The number of benzene rings is 1. The molecule has 0 radical (unpaired) electrons. The molecule has 0 aliphatic carbocycles. The van der Waals surface area contributed by atoms with E-state index in [1.165, 1.54) is 6.92 Å². The van der Waals surface area contributed by atoms with Gasteiger partial charge in [0.15, 0.2) is 5.82 Å². The number of rotatable bonds is 2. The molecule has 2 aromatic rings. The largest absolute Gasteiger partial charge is 0.507 e. The van der Waals surface area contributed by atoms with Crippen LogP contribution in [0.3, 0.4) is 0 Å². The second-order valence-corrected chi connectivity index (χ2v) is 7.26. The minimum atomic E-state index is -4.50. The summed E-state index contributed by atoms with van der Waals surface area (Å²) in [5, 5.41) is 22.0. The molecule has 4 rings (SSSR count). The highest BCUT2D eigenvalue weighted by atomic mass is 19.4. The van der Waals surface area contributed by atoms with E-state index >= 15 is 0 Å². The number of hydrogen-bond donors (Lipinski definition) is 2. The second-order valence-electron chi connectivity index (χ2n) is 7.26. The molecule has 2 aliphatic rings. The molecular weight excluding hydrogens is 357 g/mol. The highest BCUT2D eigenvalue weighted by Crippen LogP contribution is 2.39. The van der Waals surface area contributed by atoms with E-state index in [0.29, 0.717) is 23.2 Å². The minimum absolute atomic E-state index is 0.278. The molecule has 2 unspecified atom stereocenters. The van der Waals surface area contributed by atoms with Crippen LogP contribution in [0.15, 0.2) is 24.3 Å². The van der Waals surface area contributed by atoms with E-state index in [-0.39, 0.29) is 5.56 Å². The first-order valence-electron chi connectivity index (χ1n) is 9.07. The Labute approximate surface area is 155 Å². The topological polar surface area (TPSA) is 61.3 Å². The maximum Gasteiger partial charge on any atom is 0.416 e. The molecular formula is C19H21F3N4O. The van der Waals surface area contributed by atoms with Crippen LogP contribution in [-0.4, -0.2) is 41.0 Å². The summed E-state index contributed by atoms with van der Waals surface area (Å²) in [5.74, 6) is 0.982. The summed E-state index contributed by atoms with van der Waals surface area (Å²) in [4.78, 5) is 2.24. The molecule has 5 nitrogen and oxygen atoms in total. The summed E-state index contributed by atoms with van der Waals surface area (Å²) in [7, 11) is 0. The van der Waals surface area contributed by atoms with Gasteiger partial charge in [-0.1, -0.05) is 0 Å². The van der Waals surface area contributed by atoms with E-state index in [9.17, 15) is 18.3 Å². The van der Waals surface area contributed by atoms with E-state index in [2.05, 4.69) is 20.4 Å². The van der Waals surface area contributed by atoms with Crippen molar-refractivity contribution in [3.05, 3.63) is 35.4 Å². The first-order valence-corrected chi connectivity index (χ1v) is 9.07. The Bertz CT molecular complexity index is 815. The van der Waals surface area contributed by atoms with Gasteiger partial charge in [0.1, 0.15) is 5.75 Å². The normalized spacial score (nSPS) is 22.7. The third-order valence-electron chi connectivity index (χ3n) is 5.57. The molecule has 3 heterocycles. The van der Waals surface area contributed by atoms with E-state index < -0.39 is 17.5 Å². The van der Waals surface area contributed by atoms with Crippen LogP contribution in [-0.2, 0) is 6.18 Å². The number of anilines is 1. The van der Waals surface area contributed by atoms with Gasteiger partial charge in [-0.15, -0.1) is 10.2 Å². The van der Waals surface area contributed by atoms with Crippen molar-refractivity contribution >= 4 is 5.82 Å². The molecule has 1 aromatic heterocycles. The Morgan fingerprint density at radius 2 is 2.00 bits per heavy atom. The molecule has 2 atom stereocenters. The zero-order valence-electron chi connectivity index (χ0n) is 14.9. The van der Waals surface area contributed by atoms with Crippen LogP contribution in [0.5, 0.6) is 5.75 Å². The molecule has 2 aliphatic heterocycles. The van der Waals surface area contributed by atoms with Crippen molar-refractivity contribution in [1.82, 2.24) is 15.5 Å². The predicted molar refractivity (Wildman–Crippen MR) is 95.6 cm³/mol. The SMILES string of the molecule is Cc1cc(C(F)(F)F)cc(O)c1-c1ccc(N2CCC3CCNCC32)nn1. The Morgan fingerprint density at radius 1 is 1.19 bits per heavy atom. The Morgan fingerprint density at radius 3 is 2.67 bits per heavy atom. The zero-order valence-corrected chi connectivity index (χ0v) is 14.9. The predicted octanol–water partition coefficient (Wildman–Crippen LogP) is 3.36. The van der Waals surface area contributed by atoms with Gasteiger partial charge in [0.05, 0.1) is 11.3 Å². The van der Waals surface area contributed by atoms with Crippen LogP contribution in [0.2, 0.25) is 0 Å². The number of piperidine rings is 1. The highest BCUT2D eigenvalue weighted by molar-refractivity contribution is 5.71. The number of phenols is 1. The first kappa shape index (κ1) is 18.0. The van der Waals surface area contributed by atoms with Crippen molar-refractivity contribution in [2.24, 2.45) is 5.92 Å². The van der Waals surface area contributed by atoms with E-state index in [1.807, 2.05) is 6.07 Å². The second kappa shape index (κ2) is 6.67. The van der Waals surface area contributed by atoms with E-state index in [0.717, 1.165) is 50.4 Å². The number of alkyl halides is 3. The van der Waals surface area contributed by atoms with E-state index in [4.69, 9.17) is 0 Å². The molecule has 8 heteroatoms. The van der Waals surface area contributed by atoms with Gasteiger partial charge in [-0.2, -0.15) is 13.2 Å². The Kier molecular flexibility index (Phi) is 4.46. The van der Waals surface area contributed by atoms with Gasteiger partial charge >= 0.3 is 6.18 Å². The van der Waals surface area contributed by atoms with Crippen molar-refractivity contribution in [3.63, 3.8) is 0 Å². The van der Waals surface area contributed by atoms with Crippen LogP contribution in [0.1, 0.15) is 24.0 Å². The van der Waals surface area contributed by atoms with Gasteiger partial charge < -0.3 is 15.3 Å². The molecule has 0 saturated carbocycles. The summed E-state index contributed by atoms with van der Waals surface area (Å²) < 4.78 is 38.7. The van der Waals surface area contributed by atoms with Crippen LogP contribution >= 0.6 is 0 Å². The van der Waals surface area contributed by atoms with Gasteiger partial charge in [0.2, 0.25) is 0 Å². The number of aromatic hydroxyl groups is 1. The Hall–Kier alpha value is -2.35. The maximum absolute atomic E-state index is 12.9. The van der Waals surface area contributed by atoms with Gasteiger partial charge in [0.25, 0.3) is 0 Å². The number of aryl methyl sites for hydroxylation is 1. The molecule has 2 N–H and O–H groups in total. The van der Waals surface area contributed by atoms with Gasteiger partial charge in [0, 0.05) is 24.7 Å². The van der Waals surface area contributed by atoms with E-state index in [1.54, 1.807) is 6.07 Å². The lowest BCUT2D eigenvalue weighted by molar-refractivity contribution is -0.137. The monoisotopic (exact) mass is 378 g/mol. The van der Waals surface area contributed by atoms with Crippen molar-refractivity contribution < 1.29 is 18.3 Å². The molecule has 0 bridgehead atoms. The third kappa shape index (κ3) is 3.34. The van der Waals surface area contributed by atoms with Crippen LogP contribution in [0, 0.1) is 12.8 Å².